The lowest BCUT2D eigenvalue weighted by Crippen LogP contribution is -2.32. The average molecular weight is 130 g/mol. The fourth-order valence-corrected chi connectivity index (χ4v) is 1.24. The molecule has 0 radical (unpaired) electrons. The van der Waals surface area contributed by atoms with Gasteiger partial charge in [-0.05, 0) is 26.4 Å². The molecule has 1 atom stereocenters. The molecule has 1 aliphatic heterocycles. The number of carbonyl (C=O) groups is 1. The normalized spacial score (nSPS) is 28.8. The first-order chi connectivity index (χ1) is 4.22. The number of rotatable bonds is 1. The summed E-state index contributed by atoms with van der Waals surface area (Å²) in [5.41, 5.74) is 0. The van der Waals surface area contributed by atoms with Crippen molar-refractivity contribution >= 4 is 5.97 Å². The highest BCUT2D eigenvalue weighted by molar-refractivity contribution is 5.73. The summed E-state index contributed by atoms with van der Waals surface area (Å²) in [5.74, 6) is -0.435. The molecule has 52 valence electrons. The molecule has 1 rings (SSSR count). The summed E-state index contributed by atoms with van der Waals surface area (Å²) in [7, 11) is 1.89. The molecular weight excluding hydrogens is 118 g/mol. The summed E-state index contributed by atoms with van der Waals surface area (Å²) >= 11 is 0. The largest absolute Gasteiger partial charge is 0.564 e. The van der Waals surface area contributed by atoms with E-state index in [1.165, 1.54) is 0 Å². The fourth-order valence-electron chi connectivity index (χ4n) is 1.24. The van der Waals surface area contributed by atoms with Gasteiger partial charge in [-0.25, -0.2) is 0 Å². The lowest BCUT2D eigenvalue weighted by Gasteiger charge is -2.09. The van der Waals surface area contributed by atoms with Crippen LogP contribution in [0.5, 0.6) is 0 Å². The van der Waals surface area contributed by atoms with Gasteiger partial charge in [-0.2, -0.15) is 0 Å². The molecule has 3 heteroatoms. The van der Waals surface area contributed by atoms with E-state index in [0.717, 1.165) is 19.4 Å². The van der Waals surface area contributed by atoms with Crippen molar-refractivity contribution in [1.82, 2.24) is 4.90 Å². The van der Waals surface area contributed by atoms with E-state index in [-0.39, 0.29) is 6.04 Å². The molecule has 0 spiro atoms. The maximum Gasteiger partial charge on any atom is 0.533 e. The summed E-state index contributed by atoms with van der Waals surface area (Å²) in [5, 5.41) is 6.82. The molecule has 0 aliphatic carbocycles. The summed E-state index contributed by atoms with van der Waals surface area (Å²) in [6.07, 6.45) is 1.94. The minimum atomic E-state index is -0.435. The zero-order valence-corrected chi connectivity index (χ0v) is 5.55. The first-order valence-electron chi connectivity index (χ1n) is 3.17. The van der Waals surface area contributed by atoms with Crippen LogP contribution in [0, 0.1) is 0 Å². The molecule has 1 heterocycles. The van der Waals surface area contributed by atoms with E-state index in [9.17, 15) is 4.79 Å². The van der Waals surface area contributed by atoms with E-state index in [0.29, 0.717) is 0 Å². The quantitative estimate of drug-likeness (QED) is 0.442. The van der Waals surface area contributed by atoms with Crippen LogP contribution in [0.2, 0.25) is 0 Å². The van der Waals surface area contributed by atoms with E-state index in [1.54, 1.807) is 0 Å². The van der Waals surface area contributed by atoms with Crippen molar-refractivity contribution in [2.45, 2.75) is 18.9 Å². The molecule has 0 aromatic carbocycles. The van der Waals surface area contributed by atoms with Gasteiger partial charge in [0.2, 0.25) is 0 Å². The minimum absolute atomic E-state index is 0.106. The summed E-state index contributed by atoms with van der Waals surface area (Å²) < 4.78 is 0. The van der Waals surface area contributed by atoms with Crippen LogP contribution < -0.4 is 0 Å². The van der Waals surface area contributed by atoms with E-state index in [1.807, 2.05) is 11.9 Å². The predicted octanol–water partition coefficient (Wildman–Crippen LogP) is -0.668. The van der Waals surface area contributed by atoms with Crippen LogP contribution >= 0.6 is 0 Å². The van der Waals surface area contributed by atoms with Gasteiger partial charge in [0.1, 0.15) is 0 Å². The lowest BCUT2D eigenvalue weighted by molar-refractivity contribution is -0.141. The third kappa shape index (κ3) is 1.21. The summed E-state index contributed by atoms with van der Waals surface area (Å²) in [6.45, 7) is 0.968. The molecule has 0 aromatic rings. The molecule has 9 heavy (non-hydrogen) atoms. The Kier molecular flexibility index (Phi) is 1.71. The second-order valence-corrected chi connectivity index (χ2v) is 2.50. The number of nitrogens with zero attached hydrogens (tertiary/aromatic N) is 1. The molecule has 0 saturated carbocycles. The third-order valence-corrected chi connectivity index (χ3v) is 1.82. The van der Waals surface area contributed by atoms with Gasteiger partial charge in [0.05, 0.1) is 0 Å². The van der Waals surface area contributed by atoms with Gasteiger partial charge in [0.15, 0.2) is 6.04 Å². The molecule has 0 bridgehead atoms. The zero-order valence-electron chi connectivity index (χ0n) is 5.55. The van der Waals surface area contributed by atoms with Crippen LogP contribution in [0.15, 0.2) is 0 Å². The Morgan fingerprint density at radius 2 is 2.44 bits per heavy atom. The molecule has 0 aromatic heterocycles. The topological polar surface area (TPSA) is 43.2 Å². The van der Waals surface area contributed by atoms with Crippen molar-refractivity contribution in [2.24, 2.45) is 0 Å². The Labute approximate surface area is 54.3 Å². The Bertz CT molecular complexity index is 124. The highest BCUT2D eigenvalue weighted by Crippen LogP contribution is 2.13. The second kappa shape index (κ2) is 2.35. The van der Waals surface area contributed by atoms with Crippen LogP contribution in [0.3, 0.4) is 0 Å². The first-order valence-corrected chi connectivity index (χ1v) is 3.17. The van der Waals surface area contributed by atoms with Crippen molar-refractivity contribution in [3.05, 3.63) is 0 Å². The van der Waals surface area contributed by atoms with Gasteiger partial charge in [-0.15, -0.1) is 0 Å². The van der Waals surface area contributed by atoms with Gasteiger partial charge in [-0.1, -0.05) is 0 Å². The van der Waals surface area contributed by atoms with Gasteiger partial charge >= 0.3 is 5.97 Å². The lowest BCUT2D eigenvalue weighted by atomic mass is 10.2. The molecule has 1 aliphatic rings. The Hall–Kier alpha value is -0.570. The Morgan fingerprint density at radius 3 is 2.67 bits per heavy atom. The number of hydrogen-bond donors (Lipinski definition) is 0. The van der Waals surface area contributed by atoms with Crippen molar-refractivity contribution in [1.29, 1.82) is 0 Å². The number of likely N-dealkylation sites (N-methyl/N-ethyl adjacent to an activating group) is 1. The minimum Gasteiger partial charge on any atom is -0.564 e. The zero-order chi connectivity index (χ0) is 6.85. The van der Waals surface area contributed by atoms with Crippen LogP contribution in [0.1, 0.15) is 12.8 Å². The van der Waals surface area contributed by atoms with E-state index >= 15 is 0 Å². The Balaban J connectivity index is 2.49. The van der Waals surface area contributed by atoms with Gasteiger partial charge in [0.25, 0.3) is 0 Å². The maximum absolute atomic E-state index is 10.5. The summed E-state index contributed by atoms with van der Waals surface area (Å²) in [4.78, 5) is 12.4. The van der Waals surface area contributed by atoms with Crippen molar-refractivity contribution in [2.75, 3.05) is 13.6 Å². The molecule has 0 amide bonds. The second-order valence-electron chi connectivity index (χ2n) is 2.50. The van der Waals surface area contributed by atoms with Crippen LogP contribution in [0.25, 0.3) is 0 Å². The third-order valence-electron chi connectivity index (χ3n) is 1.82. The van der Waals surface area contributed by atoms with E-state index < -0.39 is 5.97 Å². The highest BCUT2D eigenvalue weighted by atomic mass is 16.4. The monoisotopic (exact) mass is 130 g/mol. The van der Waals surface area contributed by atoms with Crippen molar-refractivity contribution < 1.29 is 9.90 Å². The molecular formula is C6H12NO2+. The molecule has 1 fully saturated rings. The number of likely N-dealkylation sites (tertiary alicyclic amines) is 1. The predicted molar refractivity (Wildman–Crippen MR) is 34.3 cm³/mol. The molecule has 3 nitrogen and oxygen atoms in total. The molecule has 0 unspecified atom stereocenters. The Morgan fingerprint density at radius 1 is 1.78 bits per heavy atom. The van der Waals surface area contributed by atoms with E-state index in [2.05, 4.69) is 0 Å². The fraction of sp³-hybridized carbons (Fsp3) is 0.833. The highest BCUT2D eigenvalue weighted by Gasteiger charge is 2.32. The van der Waals surface area contributed by atoms with Crippen LogP contribution in [-0.4, -0.2) is 35.6 Å². The maximum atomic E-state index is 10.5. The van der Waals surface area contributed by atoms with E-state index in [4.69, 9.17) is 5.11 Å². The van der Waals surface area contributed by atoms with Gasteiger partial charge in [0, 0.05) is 4.79 Å². The van der Waals surface area contributed by atoms with Gasteiger partial charge < -0.3 is 5.11 Å². The van der Waals surface area contributed by atoms with Crippen LogP contribution in [0.4, 0.5) is 0 Å². The average Bonchev–Trinajstić information content (AvgIpc) is 2.13. The molecule has 1 saturated heterocycles. The smallest absolute Gasteiger partial charge is 0.533 e. The van der Waals surface area contributed by atoms with Crippen molar-refractivity contribution in [3.8, 4) is 0 Å². The SMILES string of the molecule is CN1CCC[C@H]1C(=O)[OH2+]. The first kappa shape index (κ1) is 6.55. The number of hydrogen-bond acceptors (Lipinski definition) is 2. The standard InChI is InChI=1S/C6H11NO2/c1-7-4-2-3-5(7)6(8)9/h5H,2-4H2,1H3,(H,8,9)/p+1/t5-/m0/s1. The van der Waals surface area contributed by atoms with Crippen LogP contribution in [-0.2, 0) is 4.79 Å². The summed E-state index contributed by atoms with van der Waals surface area (Å²) in [6, 6.07) is -0.106. The molecule has 2 N–H and O–H groups in total. The van der Waals surface area contributed by atoms with Crippen molar-refractivity contribution in [3.63, 3.8) is 0 Å². The number of carbonyl (C=O) groups excluding carboxylic acids is 1. The van der Waals surface area contributed by atoms with Gasteiger partial charge in [-0.3, -0.25) is 4.90 Å².